The van der Waals surface area contributed by atoms with Crippen LogP contribution in [0.1, 0.15) is 5.56 Å². The first-order valence-electron chi connectivity index (χ1n) is 11.1. The topological polar surface area (TPSA) is 92.7 Å². The molecule has 4 heterocycles. The van der Waals surface area contributed by atoms with Crippen LogP contribution in [0, 0.1) is 0 Å². The van der Waals surface area contributed by atoms with E-state index in [4.69, 9.17) is 4.74 Å². The monoisotopic (exact) mass is 463 g/mol. The summed E-state index contributed by atoms with van der Waals surface area (Å²) in [6, 6.07) is 15.0. The number of aryl methyl sites for hydroxylation is 2. The van der Waals surface area contributed by atoms with E-state index in [-0.39, 0.29) is 5.56 Å². The number of hydrogen-bond acceptors (Lipinski definition) is 6. The van der Waals surface area contributed by atoms with Gasteiger partial charge >= 0.3 is 0 Å². The van der Waals surface area contributed by atoms with E-state index in [0.717, 1.165) is 27.7 Å². The molecule has 172 valence electrons. The third-order valence-electron chi connectivity index (χ3n) is 5.93. The van der Waals surface area contributed by atoms with Gasteiger partial charge in [-0.2, -0.15) is 10.2 Å². The quantitative estimate of drug-likeness (QED) is 0.385. The van der Waals surface area contributed by atoms with Gasteiger partial charge in [0.2, 0.25) is 0 Å². The summed E-state index contributed by atoms with van der Waals surface area (Å²) in [7, 11) is 3.77. The van der Waals surface area contributed by atoms with Crippen LogP contribution in [-0.4, -0.2) is 34.1 Å². The predicted molar refractivity (Wildman–Crippen MR) is 132 cm³/mol. The molecule has 0 bridgehead atoms. The summed E-state index contributed by atoms with van der Waals surface area (Å²) < 4.78 is 11.2. The SMILES string of the molecule is Cn1cc(-c2cc(Oc3ccc4ncn(Cc5ccc6c(cnn6C)c5)c(=O)c4c3)ccn2)cn1. The molecular formula is C26H21N7O2. The van der Waals surface area contributed by atoms with E-state index >= 15 is 0 Å². The lowest BCUT2D eigenvalue weighted by Crippen LogP contribution is -2.21. The number of benzene rings is 2. The van der Waals surface area contributed by atoms with Crippen LogP contribution in [0.5, 0.6) is 11.5 Å². The first-order chi connectivity index (χ1) is 17.0. The Morgan fingerprint density at radius 3 is 2.66 bits per heavy atom. The summed E-state index contributed by atoms with van der Waals surface area (Å²) in [5.41, 5.74) is 4.19. The predicted octanol–water partition coefficient (Wildman–Crippen LogP) is 3.92. The second kappa shape index (κ2) is 8.21. The average molecular weight is 464 g/mol. The highest BCUT2D eigenvalue weighted by Crippen LogP contribution is 2.27. The molecule has 4 aromatic heterocycles. The Bertz CT molecular complexity index is 1760. The Morgan fingerprint density at radius 2 is 1.80 bits per heavy atom. The normalized spacial score (nSPS) is 11.4. The molecule has 0 aliphatic carbocycles. The zero-order valence-corrected chi connectivity index (χ0v) is 19.2. The smallest absolute Gasteiger partial charge is 0.261 e. The molecule has 0 N–H and O–H groups in total. The van der Waals surface area contributed by atoms with Gasteiger partial charge in [-0.05, 0) is 42.0 Å². The minimum absolute atomic E-state index is 0.127. The molecule has 0 fully saturated rings. The zero-order valence-electron chi connectivity index (χ0n) is 19.2. The summed E-state index contributed by atoms with van der Waals surface area (Å²) in [5, 5.41) is 10.0. The molecule has 0 aliphatic rings. The summed E-state index contributed by atoms with van der Waals surface area (Å²) in [6.07, 6.45) is 8.74. The van der Waals surface area contributed by atoms with Crippen molar-refractivity contribution in [1.82, 2.24) is 34.1 Å². The van der Waals surface area contributed by atoms with E-state index in [1.807, 2.05) is 55.4 Å². The number of ether oxygens (including phenoxy) is 1. The first kappa shape index (κ1) is 20.8. The molecule has 6 aromatic rings. The summed E-state index contributed by atoms with van der Waals surface area (Å²) in [4.78, 5) is 22.2. The molecule has 0 atom stereocenters. The molecule has 2 aromatic carbocycles. The van der Waals surface area contributed by atoms with Crippen LogP contribution in [0.4, 0.5) is 0 Å². The summed E-state index contributed by atoms with van der Waals surface area (Å²) >= 11 is 0. The molecule has 6 rings (SSSR count). The van der Waals surface area contributed by atoms with Crippen LogP contribution in [0.15, 0.2) is 84.4 Å². The Labute approximate surface area is 199 Å². The fourth-order valence-electron chi connectivity index (χ4n) is 4.14. The molecule has 9 nitrogen and oxygen atoms in total. The van der Waals surface area contributed by atoms with E-state index < -0.39 is 0 Å². The van der Waals surface area contributed by atoms with Crippen LogP contribution in [0.25, 0.3) is 33.1 Å². The Morgan fingerprint density at radius 1 is 0.914 bits per heavy atom. The molecule has 35 heavy (non-hydrogen) atoms. The van der Waals surface area contributed by atoms with E-state index in [9.17, 15) is 4.79 Å². The number of fused-ring (bicyclic) bond motifs is 2. The molecule has 0 spiro atoms. The van der Waals surface area contributed by atoms with Crippen LogP contribution in [0.3, 0.4) is 0 Å². The standard InChI is InChI=1S/C26H21N7O2/c1-31-15-19(13-29-31)24-11-21(7-8-27-24)35-20-4-5-23-22(10-20)26(34)33(16-28-23)14-17-3-6-25-18(9-17)12-30-32(25)2/h3-13,15-16H,14H2,1-2H3. The Balaban J connectivity index is 1.30. The van der Waals surface area contributed by atoms with Crippen molar-refractivity contribution in [2.75, 3.05) is 0 Å². The highest BCUT2D eigenvalue weighted by molar-refractivity contribution is 5.80. The van der Waals surface area contributed by atoms with Gasteiger partial charge < -0.3 is 4.74 Å². The molecule has 0 aliphatic heterocycles. The van der Waals surface area contributed by atoms with Crippen molar-refractivity contribution in [3.8, 4) is 22.8 Å². The van der Waals surface area contributed by atoms with Gasteiger partial charge in [0.25, 0.3) is 5.56 Å². The number of hydrogen-bond donors (Lipinski definition) is 0. The molecule has 9 heteroatoms. The second-order valence-electron chi connectivity index (χ2n) is 8.40. The van der Waals surface area contributed by atoms with E-state index in [2.05, 4.69) is 20.2 Å². The fourth-order valence-corrected chi connectivity index (χ4v) is 4.14. The third-order valence-corrected chi connectivity index (χ3v) is 5.93. The van der Waals surface area contributed by atoms with Gasteiger partial charge in [0.15, 0.2) is 0 Å². The van der Waals surface area contributed by atoms with E-state index in [0.29, 0.717) is 28.9 Å². The molecule has 0 saturated carbocycles. The van der Waals surface area contributed by atoms with Crippen molar-refractivity contribution >= 4 is 21.8 Å². The minimum atomic E-state index is -0.127. The van der Waals surface area contributed by atoms with Crippen LogP contribution in [0.2, 0.25) is 0 Å². The molecular weight excluding hydrogens is 442 g/mol. The van der Waals surface area contributed by atoms with Crippen molar-refractivity contribution in [2.24, 2.45) is 14.1 Å². The van der Waals surface area contributed by atoms with Crippen molar-refractivity contribution in [1.29, 1.82) is 0 Å². The van der Waals surface area contributed by atoms with Crippen LogP contribution >= 0.6 is 0 Å². The fraction of sp³-hybridized carbons (Fsp3) is 0.115. The van der Waals surface area contributed by atoms with E-state index in [1.54, 1.807) is 52.2 Å². The maximum atomic E-state index is 13.3. The molecule has 0 amide bonds. The lowest BCUT2D eigenvalue weighted by molar-refractivity contribution is 0.483. The van der Waals surface area contributed by atoms with Gasteiger partial charge in [0.1, 0.15) is 11.5 Å². The maximum absolute atomic E-state index is 13.3. The lowest BCUT2D eigenvalue weighted by atomic mass is 10.1. The molecule has 0 unspecified atom stereocenters. The van der Waals surface area contributed by atoms with Crippen molar-refractivity contribution < 1.29 is 4.74 Å². The van der Waals surface area contributed by atoms with Crippen molar-refractivity contribution in [3.63, 3.8) is 0 Å². The van der Waals surface area contributed by atoms with Gasteiger partial charge in [-0.25, -0.2) is 4.98 Å². The number of nitrogens with zero attached hydrogens (tertiary/aromatic N) is 7. The van der Waals surface area contributed by atoms with Crippen molar-refractivity contribution in [2.45, 2.75) is 6.54 Å². The Hall–Kier alpha value is -4.79. The largest absolute Gasteiger partial charge is 0.457 e. The van der Waals surface area contributed by atoms with Gasteiger partial charge in [0, 0.05) is 43.5 Å². The van der Waals surface area contributed by atoms with Crippen LogP contribution in [-0.2, 0) is 20.6 Å². The third kappa shape index (κ3) is 3.93. The first-order valence-corrected chi connectivity index (χ1v) is 11.1. The Kier molecular flexibility index (Phi) is 4.88. The van der Waals surface area contributed by atoms with Gasteiger partial charge in [0.05, 0.1) is 47.4 Å². The van der Waals surface area contributed by atoms with E-state index in [1.165, 1.54) is 0 Å². The molecule has 0 saturated heterocycles. The highest BCUT2D eigenvalue weighted by atomic mass is 16.5. The number of pyridine rings is 1. The summed E-state index contributed by atoms with van der Waals surface area (Å²) in [6.45, 7) is 0.413. The van der Waals surface area contributed by atoms with Crippen LogP contribution < -0.4 is 10.3 Å². The molecule has 0 radical (unpaired) electrons. The average Bonchev–Trinajstić information content (AvgIpc) is 3.47. The maximum Gasteiger partial charge on any atom is 0.261 e. The lowest BCUT2D eigenvalue weighted by Gasteiger charge is -2.10. The minimum Gasteiger partial charge on any atom is -0.457 e. The number of aromatic nitrogens is 7. The number of rotatable bonds is 5. The summed E-state index contributed by atoms with van der Waals surface area (Å²) in [5.74, 6) is 1.17. The van der Waals surface area contributed by atoms with Crippen molar-refractivity contribution in [3.05, 3.63) is 95.6 Å². The van der Waals surface area contributed by atoms with Gasteiger partial charge in [-0.15, -0.1) is 0 Å². The van der Waals surface area contributed by atoms with Gasteiger partial charge in [-0.1, -0.05) is 6.07 Å². The van der Waals surface area contributed by atoms with Gasteiger partial charge in [-0.3, -0.25) is 23.7 Å². The highest BCUT2D eigenvalue weighted by Gasteiger charge is 2.10. The second-order valence-corrected chi connectivity index (χ2v) is 8.40. The zero-order chi connectivity index (χ0) is 23.9.